The number of aromatic nitrogens is 4. The maximum atomic E-state index is 12.8. The molecule has 0 amide bonds. The summed E-state index contributed by atoms with van der Waals surface area (Å²) in [7, 11) is 1.35. The summed E-state index contributed by atoms with van der Waals surface area (Å²) in [4.78, 5) is 7.47. The second kappa shape index (κ2) is 5.99. The molecule has 2 heterocycles. The molecule has 0 saturated heterocycles. The molecule has 6 nitrogen and oxygen atoms in total. The fourth-order valence-electron chi connectivity index (χ4n) is 1.75. The van der Waals surface area contributed by atoms with Crippen LogP contribution >= 0.6 is 11.6 Å². The summed E-state index contributed by atoms with van der Waals surface area (Å²) in [5, 5.41) is 9.56. The average Bonchev–Trinajstić information content (AvgIpc) is 2.79. The number of anilines is 3. The molecular weight excluding hydrogens is 321 g/mol. The zero-order valence-corrected chi connectivity index (χ0v) is 12.8. The molecule has 0 saturated carbocycles. The number of hydrogen-bond donors (Lipinski definition) is 2. The molecule has 2 rings (SSSR count). The van der Waals surface area contributed by atoms with Gasteiger partial charge in [-0.2, -0.15) is 23.3 Å². The lowest BCUT2D eigenvalue weighted by molar-refractivity contribution is -0.137. The Labute approximate surface area is 129 Å². The maximum Gasteiger partial charge on any atom is 0.421 e. The Bertz CT molecular complexity index is 667. The predicted octanol–water partition coefficient (Wildman–Crippen LogP) is 3.71. The molecule has 0 aromatic carbocycles. The fraction of sp³-hybridized carbons (Fsp3) is 0.417. The topological polar surface area (TPSA) is 67.7 Å². The molecule has 2 N–H and O–H groups in total. The first-order chi connectivity index (χ1) is 10.2. The zero-order valence-electron chi connectivity index (χ0n) is 12.0. The van der Waals surface area contributed by atoms with Crippen LogP contribution < -0.4 is 10.6 Å². The van der Waals surface area contributed by atoms with E-state index in [-0.39, 0.29) is 17.8 Å². The van der Waals surface area contributed by atoms with Crippen LogP contribution in [0, 0.1) is 0 Å². The van der Waals surface area contributed by atoms with Crippen molar-refractivity contribution in [3.63, 3.8) is 0 Å². The van der Waals surface area contributed by atoms with Gasteiger partial charge in [0.05, 0.1) is 11.9 Å². The molecule has 0 atom stereocenters. The van der Waals surface area contributed by atoms with Crippen molar-refractivity contribution in [1.29, 1.82) is 0 Å². The minimum Gasteiger partial charge on any atom is -0.372 e. The number of rotatable bonds is 4. The van der Waals surface area contributed by atoms with Crippen LogP contribution in [0.5, 0.6) is 0 Å². The van der Waals surface area contributed by atoms with E-state index in [1.165, 1.54) is 13.2 Å². The Hall–Kier alpha value is -2.03. The van der Waals surface area contributed by atoms with Gasteiger partial charge in [-0.25, -0.2) is 9.67 Å². The van der Waals surface area contributed by atoms with Crippen molar-refractivity contribution in [2.24, 2.45) is 0 Å². The highest BCUT2D eigenvalue weighted by Crippen LogP contribution is 2.34. The summed E-state index contributed by atoms with van der Waals surface area (Å²) >= 11 is 6.13. The van der Waals surface area contributed by atoms with Gasteiger partial charge in [-0.05, 0) is 13.8 Å². The molecule has 0 fully saturated rings. The Morgan fingerprint density at radius 2 is 1.95 bits per heavy atom. The van der Waals surface area contributed by atoms with E-state index < -0.39 is 11.7 Å². The van der Waals surface area contributed by atoms with Crippen molar-refractivity contribution in [1.82, 2.24) is 19.7 Å². The highest BCUT2D eigenvalue weighted by Gasteiger charge is 2.35. The van der Waals surface area contributed by atoms with E-state index in [4.69, 9.17) is 11.6 Å². The third-order valence-corrected chi connectivity index (χ3v) is 3.18. The summed E-state index contributed by atoms with van der Waals surface area (Å²) in [5.74, 6) is -0.333. The summed E-state index contributed by atoms with van der Waals surface area (Å²) in [6.07, 6.45) is -2.36. The zero-order chi connectivity index (χ0) is 16.5. The van der Waals surface area contributed by atoms with E-state index in [1.54, 1.807) is 4.68 Å². The SMILES string of the molecule is CNc1nc(Nc2cnn(C(C)C)c2Cl)ncc1C(F)(F)F. The number of halogens is 4. The highest BCUT2D eigenvalue weighted by molar-refractivity contribution is 6.32. The largest absolute Gasteiger partial charge is 0.421 e. The van der Waals surface area contributed by atoms with E-state index in [0.29, 0.717) is 17.0 Å². The second-order valence-electron chi connectivity index (χ2n) is 4.72. The quantitative estimate of drug-likeness (QED) is 0.892. The first-order valence-corrected chi connectivity index (χ1v) is 6.73. The normalized spacial score (nSPS) is 11.8. The number of hydrogen-bond acceptors (Lipinski definition) is 5. The molecule has 10 heteroatoms. The first-order valence-electron chi connectivity index (χ1n) is 6.36. The molecule has 0 unspecified atom stereocenters. The molecule has 2 aromatic heterocycles. The Morgan fingerprint density at radius 3 is 2.45 bits per heavy atom. The Balaban J connectivity index is 2.31. The van der Waals surface area contributed by atoms with Gasteiger partial charge in [0.1, 0.15) is 11.4 Å². The van der Waals surface area contributed by atoms with Gasteiger partial charge in [-0.15, -0.1) is 0 Å². The van der Waals surface area contributed by atoms with Crippen LogP contribution in [0.1, 0.15) is 25.5 Å². The third-order valence-electron chi connectivity index (χ3n) is 2.80. The van der Waals surface area contributed by atoms with Gasteiger partial charge in [0.15, 0.2) is 5.15 Å². The summed E-state index contributed by atoms with van der Waals surface area (Å²) in [6.45, 7) is 3.80. The highest BCUT2D eigenvalue weighted by atomic mass is 35.5. The molecule has 0 aliphatic heterocycles. The van der Waals surface area contributed by atoms with Crippen LogP contribution in [0.3, 0.4) is 0 Å². The van der Waals surface area contributed by atoms with Gasteiger partial charge >= 0.3 is 6.18 Å². The van der Waals surface area contributed by atoms with Crippen LogP contribution in [0.4, 0.5) is 30.6 Å². The number of alkyl halides is 3. The number of nitrogens with one attached hydrogen (secondary N) is 2. The Kier molecular flexibility index (Phi) is 4.45. The van der Waals surface area contributed by atoms with Crippen LogP contribution in [0.2, 0.25) is 5.15 Å². The van der Waals surface area contributed by atoms with Crippen LogP contribution in [0.25, 0.3) is 0 Å². The van der Waals surface area contributed by atoms with Crippen molar-refractivity contribution >= 4 is 29.1 Å². The molecule has 0 aliphatic rings. The van der Waals surface area contributed by atoms with Gasteiger partial charge in [0.25, 0.3) is 0 Å². The molecule has 120 valence electrons. The fourth-order valence-corrected chi connectivity index (χ4v) is 2.09. The molecule has 2 aromatic rings. The van der Waals surface area contributed by atoms with Crippen LogP contribution in [-0.4, -0.2) is 26.8 Å². The monoisotopic (exact) mass is 334 g/mol. The molecular formula is C12H14ClF3N6. The number of nitrogens with zero attached hydrogens (tertiary/aromatic N) is 4. The summed E-state index contributed by atoms with van der Waals surface area (Å²) in [6, 6.07) is 0.0458. The Morgan fingerprint density at radius 1 is 1.27 bits per heavy atom. The van der Waals surface area contributed by atoms with E-state index in [2.05, 4.69) is 25.7 Å². The van der Waals surface area contributed by atoms with Crippen molar-refractivity contribution in [2.45, 2.75) is 26.1 Å². The smallest absolute Gasteiger partial charge is 0.372 e. The molecule has 0 radical (unpaired) electrons. The lowest BCUT2D eigenvalue weighted by Crippen LogP contribution is -2.12. The second-order valence-corrected chi connectivity index (χ2v) is 5.07. The van der Waals surface area contributed by atoms with Crippen LogP contribution in [-0.2, 0) is 6.18 Å². The molecule has 0 aliphatic carbocycles. The van der Waals surface area contributed by atoms with E-state index in [9.17, 15) is 13.2 Å². The average molecular weight is 335 g/mol. The van der Waals surface area contributed by atoms with Gasteiger partial charge in [0, 0.05) is 19.3 Å². The van der Waals surface area contributed by atoms with Crippen molar-refractivity contribution in [2.75, 3.05) is 17.7 Å². The van der Waals surface area contributed by atoms with Crippen LogP contribution in [0.15, 0.2) is 12.4 Å². The van der Waals surface area contributed by atoms with Crippen molar-refractivity contribution < 1.29 is 13.2 Å². The van der Waals surface area contributed by atoms with Gasteiger partial charge in [0.2, 0.25) is 5.95 Å². The maximum absolute atomic E-state index is 12.8. The van der Waals surface area contributed by atoms with E-state index in [1.807, 2.05) is 13.8 Å². The summed E-state index contributed by atoms with van der Waals surface area (Å²) in [5.41, 5.74) is -0.526. The minimum atomic E-state index is -4.53. The lowest BCUT2D eigenvalue weighted by Gasteiger charge is -2.12. The molecule has 0 spiro atoms. The minimum absolute atomic E-state index is 0.0115. The van der Waals surface area contributed by atoms with Crippen molar-refractivity contribution in [3.8, 4) is 0 Å². The standard InChI is InChI=1S/C12H14ClF3N6/c1-6(2)22-9(13)8(5-19-22)20-11-18-4-7(12(14,15)16)10(17-3)21-11/h4-6H,1-3H3,(H2,17,18,20,21). The van der Waals surface area contributed by atoms with E-state index >= 15 is 0 Å². The van der Waals surface area contributed by atoms with Gasteiger partial charge in [-0.3, -0.25) is 0 Å². The first kappa shape index (κ1) is 16.3. The van der Waals surface area contributed by atoms with Gasteiger partial charge in [-0.1, -0.05) is 11.6 Å². The molecule has 0 bridgehead atoms. The van der Waals surface area contributed by atoms with E-state index in [0.717, 1.165) is 0 Å². The van der Waals surface area contributed by atoms with Crippen molar-refractivity contribution in [3.05, 3.63) is 23.1 Å². The molecule has 22 heavy (non-hydrogen) atoms. The van der Waals surface area contributed by atoms with Gasteiger partial charge < -0.3 is 10.6 Å². The lowest BCUT2D eigenvalue weighted by atomic mass is 10.3. The predicted molar refractivity (Wildman–Crippen MR) is 77.5 cm³/mol. The summed E-state index contributed by atoms with van der Waals surface area (Å²) < 4.78 is 39.9. The third kappa shape index (κ3) is 3.24.